The number of amides is 1. The molecule has 0 unspecified atom stereocenters. The summed E-state index contributed by atoms with van der Waals surface area (Å²) in [6.07, 6.45) is 1.29. The van der Waals surface area contributed by atoms with Crippen LogP contribution in [0, 0.1) is 11.8 Å². The average molecular weight is 297 g/mol. The van der Waals surface area contributed by atoms with E-state index in [0.717, 1.165) is 29.5 Å². The van der Waals surface area contributed by atoms with E-state index < -0.39 is 0 Å². The third kappa shape index (κ3) is 3.47. The third-order valence-electron chi connectivity index (χ3n) is 4.55. The van der Waals surface area contributed by atoms with Crippen LogP contribution in [0.1, 0.15) is 20.3 Å². The smallest absolute Gasteiger partial charge is 0.279 e. The molecule has 0 radical (unpaired) electrons. The lowest BCUT2D eigenvalue weighted by atomic mass is 9.92. The number of rotatable bonds is 3. The minimum Gasteiger partial charge on any atom is -0.327 e. The number of nitrogens with one attached hydrogen (secondary N) is 2. The summed E-state index contributed by atoms with van der Waals surface area (Å²) in [5.74, 6) is 1.54. The monoisotopic (exact) mass is 297 g/mol. The molecule has 2 aromatic rings. The summed E-state index contributed by atoms with van der Waals surface area (Å²) < 4.78 is 0. The van der Waals surface area contributed by atoms with E-state index >= 15 is 0 Å². The van der Waals surface area contributed by atoms with Gasteiger partial charge in [0, 0.05) is 22.9 Å². The van der Waals surface area contributed by atoms with Crippen LogP contribution in [0.15, 0.2) is 42.5 Å². The Balaban J connectivity index is 1.68. The normalized spacial score (nSPS) is 25.1. The first-order valence-electron chi connectivity index (χ1n) is 8.23. The third-order valence-corrected chi connectivity index (χ3v) is 4.55. The number of anilines is 1. The molecular weight excluding hydrogens is 272 g/mol. The number of quaternary nitrogens is 1. The van der Waals surface area contributed by atoms with Crippen LogP contribution in [0.2, 0.25) is 0 Å². The Bertz CT molecular complexity index is 652. The van der Waals surface area contributed by atoms with Gasteiger partial charge in [0.1, 0.15) is 0 Å². The summed E-state index contributed by atoms with van der Waals surface area (Å²) in [5, 5.41) is 5.37. The lowest BCUT2D eigenvalue weighted by molar-refractivity contribution is -0.904. The first kappa shape index (κ1) is 15.0. The number of piperidine rings is 1. The van der Waals surface area contributed by atoms with E-state index in [4.69, 9.17) is 0 Å². The summed E-state index contributed by atoms with van der Waals surface area (Å²) >= 11 is 0. The van der Waals surface area contributed by atoms with E-state index in [0.29, 0.717) is 18.4 Å². The van der Waals surface area contributed by atoms with Gasteiger partial charge < -0.3 is 10.2 Å². The Morgan fingerprint density at radius 2 is 1.77 bits per heavy atom. The molecule has 116 valence electrons. The van der Waals surface area contributed by atoms with Crippen molar-refractivity contribution in [3.8, 4) is 0 Å². The Morgan fingerprint density at radius 3 is 2.55 bits per heavy atom. The summed E-state index contributed by atoms with van der Waals surface area (Å²) in [4.78, 5) is 13.8. The largest absolute Gasteiger partial charge is 0.327 e. The SMILES string of the molecule is C[C@H]1C[C@H](C)C[NH+](CC(=O)Nc2cccc3ccccc23)C1. The second kappa shape index (κ2) is 6.49. The predicted molar refractivity (Wildman–Crippen MR) is 91.1 cm³/mol. The van der Waals surface area contributed by atoms with Gasteiger partial charge in [0.25, 0.3) is 5.91 Å². The molecule has 3 rings (SSSR count). The van der Waals surface area contributed by atoms with Crippen LogP contribution in [-0.4, -0.2) is 25.5 Å². The highest BCUT2D eigenvalue weighted by Crippen LogP contribution is 2.22. The molecule has 1 aliphatic rings. The molecule has 1 amide bonds. The molecule has 1 fully saturated rings. The number of benzene rings is 2. The number of hydrogen-bond acceptors (Lipinski definition) is 1. The zero-order valence-corrected chi connectivity index (χ0v) is 13.4. The fraction of sp³-hybridized carbons (Fsp3) is 0.421. The van der Waals surface area contributed by atoms with Crippen molar-refractivity contribution in [2.75, 3.05) is 25.0 Å². The van der Waals surface area contributed by atoms with Crippen molar-refractivity contribution < 1.29 is 9.69 Å². The van der Waals surface area contributed by atoms with Crippen molar-refractivity contribution in [3.05, 3.63) is 42.5 Å². The number of likely N-dealkylation sites (tertiary alicyclic amines) is 1. The summed E-state index contributed by atoms with van der Waals surface area (Å²) in [5.41, 5.74) is 0.917. The van der Waals surface area contributed by atoms with E-state index in [1.54, 1.807) is 0 Å². The number of carbonyl (C=O) groups excluding carboxylic acids is 1. The molecule has 2 atom stereocenters. The molecule has 1 saturated heterocycles. The van der Waals surface area contributed by atoms with Crippen molar-refractivity contribution in [1.82, 2.24) is 0 Å². The van der Waals surface area contributed by atoms with Crippen molar-refractivity contribution in [2.24, 2.45) is 11.8 Å². The van der Waals surface area contributed by atoms with Crippen LogP contribution in [-0.2, 0) is 4.79 Å². The lowest BCUT2D eigenvalue weighted by Gasteiger charge is -2.31. The highest BCUT2D eigenvalue weighted by molar-refractivity contribution is 6.02. The van der Waals surface area contributed by atoms with E-state index in [-0.39, 0.29) is 5.91 Å². The van der Waals surface area contributed by atoms with Gasteiger partial charge in [-0.15, -0.1) is 0 Å². The van der Waals surface area contributed by atoms with Crippen LogP contribution >= 0.6 is 0 Å². The predicted octanol–water partition coefficient (Wildman–Crippen LogP) is 2.34. The Labute approximate surface area is 132 Å². The van der Waals surface area contributed by atoms with Gasteiger partial charge in [-0.1, -0.05) is 50.2 Å². The second-order valence-corrected chi connectivity index (χ2v) is 6.86. The Kier molecular flexibility index (Phi) is 4.44. The van der Waals surface area contributed by atoms with Crippen LogP contribution < -0.4 is 10.2 Å². The Morgan fingerprint density at radius 1 is 1.09 bits per heavy atom. The minimum atomic E-state index is 0.118. The fourth-order valence-corrected chi connectivity index (χ4v) is 3.82. The topological polar surface area (TPSA) is 33.5 Å². The number of carbonyl (C=O) groups is 1. The molecule has 2 N–H and O–H groups in total. The molecule has 0 saturated carbocycles. The number of fused-ring (bicyclic) bond motifs is 1. The van der Waals surface area contributed by atoms with E-state index in [1.807, 2.05) is 24.3 Å². The fourth-order valence-electron chi connectivity index (χ4n) is 3.82. The van der Waals surface area contributed by atoms with Crippen molar-refractivity contribution in [1.29, 1.82) is 0 Å². The lowest BCUT2D eigenvalue weighted by Crippen LogP contribution is -3.15. The van der Waals surface area contributed by atoms with Gasteiger partial charge in [0.15, 0.2) is 6.54 Å². The van der Waals surface area contributed by atoms with Gasteiger partial charge in [-0.3, -0.25) is 4.79 Å². The first-order valence-corrected chi connectivity index (χ1v) is 8.23. The van der Waals surface area contributed by atoms with Crippen LogP contribution in [0.4, 0.5) is 5.69 Å². The van der Waals surface area contributed by atoms with E-state index in [2.05, 4.69) is 37.4 Å². The zero-order valence-electron chi connectivity index (χ0n) is 13.4. The molecule has 0 bridgehead atoms. The molecule has 3 nitrogen and oxygen atoms in total. The van der Waals surface area contributed by atoms with Crippen molar-refractivity contribution >= 4 is 22.4 Å². The molecule has 22 heavy (non-hydrogen) atoms. The highest BCUT2D eigenvalue weighted by Gasteiger charge is 2.26. The Hall–Kier alpha value is -1.87. The maximum atomic E-state index is 12.4. The number of hydrogen-bond donors (Lipinski definition) is 2. The molecule has 0 aromatic heterocycles. The molecule has 1 aliphatic heterocycles. The molecular formula is C19H25N2O+. The van der Waals surface area contributed by atoms with Crippen LogP contribution in [0.25, 0.3) is 10.8 Å². The van der Waals surface area contributed by atoms with Crippen molar-refractivity contribution in [3.63, 3.8) is 0 Å². The van der Waals surface area contributed by atoms with Gasteiger partial charge in [-0.05, 0) is 17.9 Å². The quantitative estimate of drug-likeness (QED) is 0.896. The minimum absolute atomic E-state index is 0.118. The molecule has 0 spiro atoms. The summed E-state index contributed by atoms with van der Waals surface area (Å²) in [6.45, 7) is 7.36. The van der Waals surface area contributed by atoms with Crippen molar-refractivity contribution in [2.45, 2.75) is 20.3 Å². The maximum absolute atomic E-state index is 12.4. The summed E-state index contributed by atoms with van der Waals surface area (Å²) in [7, 11) is 0. The van der Waals surface area contributed by atoms with Gasteiger partial charge in [0.05, 0.1) is 13.1 Å². The van der Waals surface area contributed by atoms with E-state index in [9.17, 15) is 4.79 Å². The van der Waals surface area contributed by atoms with Gasteiger partial charge >= 0.3 is 0 Å². The molecule has 3 heteroatoms. The first-order chi connectivity index (χ1) is 10.6. The average Bonchev–Trinajstić information content (AvgIpc) is 2.46. The highest BCUT2D eigenvalue weighted by atomic mass is 16.2. The maximum Gasteiger partial charge on any atom is 0.279 e. The molecule has 0 aliphatic carbocycles. The van der Waals surface area contributed by atoms with Gasteiger partial charge in [-0.2, -0.15) is 0 Å². The second-order valence-electron chi connectivity index (χ2n) is 6.86. The van der Waals surface area contributed by atoms with Crippen LogP contribution in [0.5, 0.6) is 0 Å². The standard InChI is InChI=1S/C19H24N2O/c1-14-10-15(2)12-21(11-14)13-19(22)20-18-9-5-7-16-6-3-4-8-17(16)18/h3-9,14-15H,10-13H2,1-2H3,(H,20,22)/p+1/t14-,15-/m0/s1. The van der Waals surface area contributed by atoms with Crippen LogP contribution in [0.3, 0.4) is 0 Å². The zero-order chi connectivity index (χ0) is 15.5. The summed E-state index contributed by atoms with van der Waals surface area (Å²) in [6, 6.07) is 14.2. The molecule has 1 heterocycles. The van der Waals surface area contributed by atoms with Gasteiger partial charge in [0.2, 0.25) is 0 Å². The van der Waals surface area contributed by atoms with Gasteiger partial charge in [-0.25, -0.2) is 0 Å². The van der Waals surface area contributed by atoms with E-state index in [1.165, 1.54) is 11.3 Å². The molecule has 2 aromatic carbocycles.